The number of amides is 2. The van der Waals surface area contributed by atoms with Gasteiger partial charge < -0.3 is 21.0 Å². The highest BCUT2D eigenvalue weighted by Crippen LogP contribution is 2.40. The summed E-state index contributed by atoms with van der Waals surface area (Å²) in [5.74, 6) is -3.23. The van der Waals surface area contributed by atoms with Crippen LogP contribution in [0.25, 0.3) is 5.65 Å². The molecule has 0 bridgehead atoms. The first-order chi connectivity index (χ1) is 18.5. The number of nitrogens with zero attached hydrogens (tertiary/aromatic N) is 6. The number of thioether (sulfide) groups is 1. The number of imidazole rings is 1. The Morgan fingerprint density at radius 1 is 1.33 bits per heavy atom. The van der Waals surface area contributed by atoms with Crippen LogP contribution in [0.4, 0.5) is 18.3 Å². The lowest BCUT2D eigenvalue weighted by Crippen LogP contribution is -2.71. The summed E-state index contributed by atoms with van der Waals surface area (Å²) in [6, 6.07) is 4.39. The molecular weight excluding hydrogens is 565 g/mol. The molecule has 3 aromatic rings. The zero-order valence-corrected chi connectivity index (χ0v) is 21.2. The van der Waals surface area contributed by atoms with Crippen LogP contribution in [0.2, 0.25) is 0 Å². The van der Waals surface area contributed by atoms with Crippen LogP contribution < -0.4 is 15.6 Å². The number of aromatic nitrogens is 4. The van der Waals surface area contributed by atoms with E-state index in [0.29, 0.717) is 17.1 Å². The highest BCUT2D eigenvalue weighted by atomic mass is 32.2. The van der Waals surface area contributed by atoms with E-state index in [9.17, 15) is 32.7 Å². The first-order valence-corrected chi connectivity index (χ1v) is 12.9. The number of pyridine rings is 1. The maximum Gasteiger partial charge on any atom is 0.425 e. The topological polar surface area (TPSA) is 168 Å². The Labute approximate surface area is 224 Å². The van der Waals surface area contributed by atoms with Gasteiger partial charge in [0.1, 0.15) is 36.1 Å². The van der Waals surface area contributed by atoms with Crippen molar-refractivity contribution in [2.75, 3.05) is 18.1 Å². The minimum Gasteiger partial charge on any atom is -0.477 e. The third-order valence-corrected chi connectivity index (χ3v) is 7.60. The quantitative estimate of drug-likeness (QED) is 0.147. The minimum absolute atomic E-state index is 0.0762. The van der Waals surface area contributed by atoms with Crippen molar-refractivity contribution >= 4 is 57.6 Å². The van der Waals surface area contributed by atoms with E-state index >= 15 is 0 Å². The van der Waals surface area contributed by atoms with Crippen molar-refractivity contribution in [3.63, 3.8) is 0 Å². The van der Waals surface area contributed by atoms with Gasteiger partial charge in [0.25, 0.3) is 17.5 Å². The first kappa shape index (κ1) is 26.4. The van der Waals surface area contributed by atoms with Crippen LogP contribution in [0.15, 0.2) is 53.2 Å². The first-order valence-electron chi connectivity index (χ1n) is 11.1. The second kappa shape index (κ2) is 10.2. The molecule has 1 saturated heterocycles. The standard InChI is InChI=1S/C21H17F3N8O5S2/c22-21(23,24)9-37-28-12(15-27-20(25)39-29-15)16(33)26-13-17(34)32-14(19(35)36)10(8-38-18(13)32)7-31-6-5-30-4-2-1-3-11(30)31/h1-6,13,18H,7-9H2,(H3-,25,26,27,29,33,35,36)/p+1/b28-12-/t13-,18-/m1/s1. The Bertz CT molecular complexity index is 1530. The Morgan fingerprint density at radius 2 is 2.13 bits per heavy atom. The molecule has 13 nitrogen and oxygen atoms in total. The lowest BCUT2D eigenvalue weighted by molar-refractivity contribution is -0.662. The number of alkyl halides is 3. The molecule has 0 spiro atoms. The Kier molecular flexibility index (Phi) is 6.89. The van der Waals surface area contributed by atoms with Gasteiger partial charge >= 0.3 is 12.1 Å². The predicted molar refractivity (Wildman–Crippen MR) is 130 cm³/mol. The molecule has 5 heterocycles. The fourth-order valence-electron chi connectivity index (χ4n) is 4.08. The van der Waals surface area contributed by atoms with Gasteiger partial charge in [-0.25, -0.2) is 13.8 Å². The van der Waals surface area contributed by atoms with Gasteiger partial charge in [-0.2, -0.15) is 22.5 Å². The number of carboxylic acids is 1. The summed E-state index contributed by atoms with van der Waals surface area (Å²) in [7, 11) is 0. The molecule has 204 valence electrons. The summed E-state index contributed by atoms with van der Waals surface area (Å²) in [4.78, 5) is 47.2. The van der Waals surface area contributed by atoms with Crippen molar-refractivity contribution in [1.82, 2.24) is 24.0 Å². The van der Waals surface area contributed by atoms with Crippen molar-refractivity contribution in [3.8, 4) is 0 Å². The molecule has 4 N–H and O–H groups in total. The summed E-state index contributed by atoms with van der Waals surface area (Å²) in [6.07, 6.45) is 0.738. The molecule has 0 saturated carbocycles. The number of aliphatic carboxylic acids is 1. The number of hydrogen-bond acceptors (Lipinski definition) is 10. The molecule has 18 heteroatoms. The summed E-state index contributed by atoms with van der Waals surface area (Å²) < 4.78 is 45.0. The molecular formula is C21H18F3N8O5S2+. The molecule has 2 atom stereocenters. The summed E-state index contributed by atoms with van der Waals surface area (Å²) >= 11 is 1.91. The van der Waals surface area contributed by atoms with Gasteiger partial charge in [0, 0.05) is 28.9 Å². The summed E-state index contributed by atoms with van der Waals surface area (Å²) in [5, 5.41) is 14.7. The number of rotatable bonds is 8. The van der Waals surface area contributed by atoms with E-state index in [1.807, 2.05) is 39.6 Å². The second-order valence-electron chi connectivity index (χ2n) is 8.30. The van der Waals surface area contributed by atoms with Crippen LogP contribution in [-0.4, -0.2) is 77.2 Å². The van der Waals surface area contributed by atoms with Gasteiger partial charge in [-0.3, -0.25) is 14.5 Å². The maximum absolute atomic E-state index is 13.0. The number of nitrogens with two attached hydrogens (primary N) is 1. The Balaban J connectivity index is 1.35. The van der Waals surface area contributed by atoms with E-state index in [0.717, 1.165) is 10.5 Å². The van der Waals surface area contributed by atoms with E-state index in [2.05, 4.69) is 24.7 Å². The highest BCUT2D eigenvalue weighted by molar-refractivity contribution is 8.00. The average molecular weight is 584 g/mol. The van der Waals surface area contributed by atoms with Gasteiger partial charge in [0.15, 0.2) is 5.13 Å². The van der Waals surface area contributed by atoms with Crippen molar-refractivity contribution in [1.29, 1.82) is 0 Å². The zero-order chi connectivity index (χ0) is 27.9. The third-order valence-electron chi connectivity index (χ3n) is 5.72. The van der Waals surface area contributed by atoms with Gasteiger partial charge in [-0.15, -0.1) is 11.8 Å². The van der Waals surface area contributed by atoms with Gasteiger partial charge in [-0.1, -0.05) is 11.2 Å². The van der Waals surface area contributed by atoms with Crippen LogP contribution in [0.1, 0.15) is 5.82 Å². The fourth-order valence-corrected chi connectivity index (χ4v) is 5.85. The Morgan fingerprint density at radius 3 is 2.82 bits per heavy atom. The van der Waals surface area contributed by atoms with Crippen LogP contribution in [0.3, 0.4) is 0 Å². The smallest absolute Gasteiger partial charge is 0.425 e. The number of nitrogen functional groups attached to an aromatic ring is 1. The summed E-state index contributed by atoms with van der Waals surface area (Å²) in [5.41, 5.74) is 5.92. The number of nitrogens with one attached hydrogen (secondary N) is 1. The highest BCUT2D eigenvalue weighted by Gasteiger charge is 2.54. The van der Waals surface area contributed by atoms with Crippen LogP contribution >= 0.6 is 23.3 Å². The molecule has 5 rings (SSSR count). The number of carboxylic acid groups (broad SMARTS) is 1. The summed E-state index contributed by atoms with van der Waals surface area (Å²) in [6.45, 7) is -1.56. The van der Waals surface area contributed by atoms with Crippen molar-refractivity contribution in [2.45, 2.75) is 24.1 Å². The molecule has 3 aromatic heterocycles. The monoisotopic (exact) mass is 583 g/mol. The number of carbonyl (C=O) groups is 3. The number of carbonyl (C=O) groups excluding carboxylic acids is 2. The van der Waals surface area contributed by atoms with E-state index < -0.39 is 47.7 Å². The molecule has 2 aliphatic heterocycles. The average Bonchev–Trinajstić information content (AvgIpc) is 3.50. The van der Waals surface area contributed by atoms with E-state index in [1.165, 1.54) is 11.8 Å². The minimum atomic E-state index is -4.72. The molecule has 2 aliphatic rings. The molecule has 2 amide bonds. The lowest BCUT2D eigenvalue weighted by Gasteiger charge is -2.49. The molecule has 0 unspecified atom stereocenters. The van der Waals surface area contributed by atoms with Crippen molar-refractivity contribution < 1.29 is 42.1 Å². The number of β-lactam (4-membered cyclic amide) rings is 1. The van der Waals surface area contributed by atoms with Crippen LogP contribution in [0.5, 0.6) is 0 Å². The predicted octanol–water partition coefficient (Wildman–Crippen LogP) is 0.382. The van der Waals surface area contributed by atoms with Gasteiger partial charge in [0.05, 0.1) is 6.20 Å². The molecule has 0 aromatic carbocycles. The SMILES string of the molecule is Nc1nc(/C(=N/OCC(F)(F)F)C(=O)N[C@@H]2C(=O)N3C(C(=O)O)=C(C[n+]4ccn5ccccc54)CS[C@H]23)ns1. The number of fused-ring (bicyclic) bond motifs is 2. The van der Waals surface area contributed by atoms with E-state index in [1.54, 1.807) is 6.20 Å². The number of anilines is 1. The second-order valence-corrected chi connectivity index (χ2v) is 10.2. The van der Waals surface area contributed by atoms with E-state index in [4.69, 9.17) is 5.73 Å². The molecule has 0 radical (unpaired) electrons. The van der Waals surface area contributed by atoms with Crippen molar-refractivity contribution in [2.24, 2.45) is 5.16 Å². The molecule has 1 fully saturated rings. The number of halogens is 3. The van der Waals surface area contributed by atoms with Gasteiger partial charge in [0.2, 0.25) is 18.1 Å². The van der Waals surface area contributed by atoms with Crippen LogP contribution in [0, 0.1) is 0 Å². The van der Waals surface area contributed by atoms with Gasteiger partial charge in [-0.05, 0) is 6.07 Å². The molecule has 39 heavy (non-hydrogen) atoms. The lowest BCUT2D eigenvalue weighted by atomic mass is 10.0. The van der Waals surface area contributed by atoms with Crippen LogP contribution in [-0.2, 0) is 25.8 Å². The third kappa shape index (κ3) is 5.24. The number of hydrogen-bond donors (Lipinski definition) is 3. The van der Waals surface area contributed by atoms with E-state index in [-0.39, 0.29) is 29.0 Å². The maximum atomic E-state index is 13.0. The fraction of sp³-hybridized carbons (Fsp3) is 0.286. The molecule has 0 aliphatic carbocycles. The number of oxime groups is 1. The largest absolute Gasteiger partial charge is 0.477 e. The van der Waals surface area contributed by atoms with Crippen molar-refractivity contribution in [3.05, 3.63) is 53.9 Å². The Hall–Kier alpha value is -4.19. The normalized spacial score (nSPS) is 19.6. The zero-order valence-electron chi connectivity index (χ0n) is 19.5.